The van der Waals surface area contributed by atoms with Crippen molar-refractivity contribution in [2.45, 2.75) is 39.2 Å². The lowest BCUT2D eigenvalue weighted by Crippen LogP contribution is -2.60. The number of para-hydroxylation sites is 1. The summed E-state index contributed by atoms with van der Waals surface area (Å²) in [6.07, 6.45) is 8.04. The van der Waals surface area contributed by atoms with Crippen LogP contribution in [0.1, 0.15) is 69.5 Å². The number of aliphatic imine (C=N–C) groups is 1. The number of hydrogen-bond acceptors (Lipinski definition) is 3. The third-order valence-corrected chi connectivity index (χ3v) is 5.59. The summed E-state index contributed by atoms with van der Waals surface area (Å²) in [5.74, 6) is -6.47. The standard InChI is InChI=1S/C28H28BN3/c1-19(2)21-11-9-12-22(20(3)4)27(21)29-24-14-10-13-23(25-15-5-7-17-30-25)28(24)31-26-16-6-8-18-32(26)29/h5-20H,1-4H3/i1D3,2D3,3D3,4D3,19D,20D. The molecule has 0 fully saturated rings. The highest BCUT2D eigenvalue weighted by Crippen LogP contribution is 2.33. The molecule has 0 bridgehead atoms. The highest BCUT2D eigenvalue weighted by Gasteiger charge is 2.38. The zero-order valence-electron chi connectivity index (χ0n) is 31.0. The Balaban J connectivity index is 2.01. The van der Waals surface area contributed by atoms with Gasteiger partial charge in [0.15, 0.2) is 0 Å². The van der Waals surface area contributed by atoms with Crippen molar-refractivity contribution in [3.05, 3.63) is 96.3 Å². The largest absolute Gasteiger partial charge is 0.368 e. The highest BCUT2D eigenvalue weighted by molar-refractivity contribution is 6.87. The van der Waals surface area contributed by atoms with Crippen LogP contribution in [-0.4, -0.2) is 22.5 Å². The average molecular weight is 431 g/mol. The van der Waals surface area contributed by atoms with Crippen LogP contribution in [0.15, 0.2) is 90.2 Å². The summed E-state index contributed by atoms with van der Waals surface area (Å²) in [5.41, 5.74) is -0.0211. The van der Waals surface area contributed by atoms with E-state index < -0.39 is 62.6 Å². The summed E-state index contributed by atoms with van der Waals surface area (Å²) < 4.78 is 118. The maximum atomic E-state index is 9.17. The molecule has 0 aliphatic carbocycles. The molecule has 3 heterocycles. The van der Waals surface area contributed by atoms with Gasteiger partial charge < -0.3 is 4.81 Å². The van der Waals surface area contributed by atoms with Crippen LogP contribution in [0.4, 0.5) is 5.69 Å². The van der Waals surface area contributed by atoms with Crippen LogP contribution < -0.4 is 10.9 Å². The van der Waals surface area contributed by atoms with Gasteiger partial charge in [-0.15, -0.1) is 0 Å². The Labute approximate surface area is 211 Å². The van der Waals surface area contributed by atoms with Crippen LogP contribution >= 0.6 is 0 Å². The van der Waals surface area contributed by atoms with E-state index in [1.54, 1.807) is 67.0 Å². The van der Waals surface area contributed by atoms with E-state index in [1.165, 1.54) is 4.81 Å². The molecule has 0 spiro atoms. The Hall–Kier alpha value is -3.40. The minimum absolute atomic E-state index is 0.279. The molecule has 3 nitrogen and oxygen atoms in total. The van der Waals surface area contributed by atoms with E-state index in [4.69, 9.17) is 21.4 Å². The van der Waals surface area contributed by atoms with E-state index in [-0.39, 0.29) is 5.84 Å². The van der Waals surface area contributed by atoms with E-state index in [1.807, 2.05) is 0 Å². The maximum Gasteiger partial charge on any atom is 0.331 e. The molecule has 32 heavy (non-hydrogen) atoms. The number of fused-ring (bicyclic) bond motifs is 2. The summed E-state index contributed by atoms with van der Waals surface area (Å²) in [6.45, 7) is -15.4. The van der Waals surface area contributed by atoms with Gasteiger partial charge in [-0.25, -0.2) is 4.99 Å². The van der Waals surface area contributed by atoms with Gasteiger partial charge in [-0.2, -0.15) is 0 Å². The molecule has 0 atom stereocenters. The first kappa shape index (κ1) is 10.0. The average Bonchev–Trinajstić information content (AvgIpc) is 2.96. The van der Waals surface area contributed by atoms with Gasteiger partial charge in [0.2, 0.25) is 0 Å². The monoisotopic (exact) mass is 431 g/mol. The third-order valence-electron chi connectivity index (χ3n) is 5.59. The molecule has 0 amide bonds. The van der Waals surface area contributed by atoms with Crippen molar-refractivity contribution in [3.63, 3.8) is 0 Å². The highest BCUT2D eigenvalue weighted by atomic mass is 15.1. The first-order valence-corrected chi connectivity index (χ1v) is 10.1. The van der Waals surface area contributed by atoms with Crippen LogP contribution in [-0.2, 0) is 0 Å². The fraction of sp³-hybridized carbons (Fsp3) is 0.214. The Kier molecular flexibility index (Phi) is 2.59. The number of hydrogen-bond donors (Lipinski definition) is 0. The molecule has 0 saturated heterocycles. The molecule has 1 aromatic heterocycles. The molecule has 5 rings (SSSR count). The molecule has 0 radical (unpaired) electrons. The lowest BCUT2D eigenvalue weighted by atomic mass is 9.44. The van der Waals surface area contributed by atoms with Gasteiger partial charge in [-0.05, 0) is 64.3 Å². The van der Waals surface area contributed by atoms with E-state index >= 15 is 0 Å². The van der Waals surface area contributed by atoms with E-state index in [0.717, 1.165) is 18.2 Å². The first-order chi connectivity index (χ1) is 21.2. The Bertz CT molecular complexity index is 1650. The number of amidine groups is 1. The van der Waals surface area contributed by atoms with Crippen LogP contribution in [0, 0.1) is 0 Å². The summed E-state index contributed by atoms with van der Waals surface area (Å²) >= 11 is 0. The van der Waals surface area contributed by atoms with Gasteiger partial charge in [0, 0.05) is 31.0 Å². The first-order valence-electron chi connectivity index (χ1n) is 17.1. The van der Waals surface area contributed by atoms with Crippen LogP contribution in [0.25, 0.3) is 11.3 Å². The molecule has 0 unspecified atom stereocenters. The van der Waals surface area contributed by atoms with Gasteiger partial charge in [0.05, 0.1) is 11.4 Å². The van der Waals surface area contributed by atoms with Crippen molar-refractivity contribution in [2.24, 2.45) is 4.99 Å². The molecule has 2 aromatic carbocycles. The predicted octanol–water partition coefficient (Wildman–Crippen LogP) is 5.53. The zero-order chi connectivity index (χ0) is 34.1. The SMILES string of the molecule is [2H]C([2H])([2H])C([2H])(c1cccc(C([2H])(C([2H])([2H])[2H])C([2H])([2H])[2H])c1B1c2cccc(-c3ccccn3)c2N=C2C=CC=CN12)C([2H])([2H])[2H]. The lowest BCUT2D eigenvalue weighted by Gasteiger charge is -2.37. The van der Waals surface area contributed by atoms with Crippen LogP contribution in [0.5, 0.6) is 0 Å². The molecule has 3 aromatic rings. The smallest absolute Gasteiger partial charge is 0.331 e. The van der Waals surface area contributed by atoms with Crippen molar-refractivity contribution in [1.82, 2.24) is 9.79 Å². The number of nitrogens with zero attached hydrogens (tertiary/aromatic N) is 3. The topological polar surface area (TPSA) is 28.5 Å². The zero-order valence-corrected chi connectivity index (χ0v) is 17.0. The summed E-state index contributed by atoms with van der Waals surface area (Å²) in [4.78, 5) is 10.8. The third kappa shape index (κ3) is 3.40. The van der Waals surface area contributed by atoms with Crippen molar-refractivity contribution in [2.75, 3.05) is 0 Å². The predicted molar refractivity (Wildman–Crippen MR) is 137 cm³/mol. The fourth-order valence-electron chi connectivity index (χ4n) is 4.25. The number of aromatic nitrogens is 1. The second kappa shape index (κ2) is 8.27. The number of pyridine rings is 1. The van der Waals surface area contributed by atoms with Gasteiger partial charge in [0.25, 0.3) is 0 Å². The molecule has 2 aliphatic heterocycles. The van der Waals surface area contributed by atoms with Crippen molar-refractivity contribution < 1.29 is 19.2 Å². The van der Waals surface area contributed by atoms with Gasteiger partial charge in [-0.3, -0.25) is 4.98 Å². The van der Waals surface area contributed by atoms with Crippen molar-refractivity contribution >= 4 is 29.3 Å². The Morgan fingerprint density at radius 2 is 1.69 bits per heavy atom. The van der Waals surface area contributed by atoms with Crippen molar-refractivity contribution in [3.8, 4) is 11.3 Å². The lowest BCUT2D eigenvalue weighted by molar-refractivity contribution is 0.827. The summed E-state index contributed by atoms with van der Waals surface area (Å²) in [5, 5.41) is 0. The minimum Gasteiger partial charge on any atom is -0.368 e. The second-order valence-electron chi connectivity index (χ2n) is 7.46. The van der Waals surface area contributed by atoms with Crippen molar-refractivity contribution in [1.29, 1.82) is 0 Å². The van der Waals surface area contributed by atoms with E-state index in [9.17, 15) is 2.74 Å². The number of allylic oxidation sites excluding steroid dienone is 2. The quantitative estimate of drug-likeness (QED) is 0.508. The van der Waals surface area contributed by atoms with E-state index in [2.05, 4.69) is 4.98 Å². The summed E-state index contributed by atoms with van der Waals surface area (Å²) in [7, 11) is 0. The minimum atomic E-state index is -3.52. The Morgan fingerprint density at radius 1 is 0.906 bits per heavy atom. The van der Waals surface area contributed by atoms with Gasteiger partial charge in [-0.1, -0.05) is 75.9 Å². The molecule has 158 valence electrons. The normalized spacial score (nSPS) is 23.3. The summed E-state index contributed by atoms with van der Waals surface area (Å²) in [6, 6.07) is 13.5. The fourth-order valence-corrected chi connectivity index (χ4v) is 4.25. The molecule has 4 heteroatoms. The molecular weight excluding hydrogens is 389 g/mol. The van der Waals surface area contributed by atoms with Gasteiger partial charge in [0.1, 0.15) is 5.84 Å². The molecule has 0 saturated carbocycles. The number of benzene rings is 2. The molecule has 0 N–H and O–H groups in total. The Morgan fingerprint density at radius 3 is 2.41 bits per heavy atom. The second-order valence-corrected chi connectivity index (χ2v) is 7.46. The van der Waals surface area contributed by atoms with Crippen LogP contribution in [0.2, 0.25) is 0 Å². The van der Waals surface area contributed by atoms with E-state index in [0.29, 0.717) is 22.4 Å². The van der Waals surface area contributed by atoms with Gasteiger partial charge >= 0.3 is 6.85 Å². The molecule has 2 aliphatic rings. The molecular formula is C28H28BN3. The maximum absolute atomic E-state index is 9.17. The number of rotatable bonds is 4. The van der Waals surface area contributed by atoms with Crippen LogP contribution in [0.3, 0.4) is 0 Å².